The number of nitrogen functional groups attached to an aromatic ring is 1. The summed E-state index contributed by atoms with van der Waals surface area (Å²) >= 11 is 0. The lowest BCUT2D eigenvalue weighted by Gasteiger charge is -2.20. The standard InChI is InChI=1S/C14H18FN3O2/c15-10-5-6-12(11(16)8-10)17-13(19)9-18-7-3-1-2-4-14(18)20/h5-6,8H,1-4,7,9,16H2,(H,17,19). The van der Waals surface area contributed by atoms with Crippen LogP contribution >= 0.6 is 0 Å². The lowest BCUT2D eigenvalue weighted by Crippen LogP contribution is -2.37. The van der Waals surface area contributed by atoms with Crippen molar-refractivity contribution < 1.29 is 14.0 Å². The summed E-state index contributed by atoms with van der Waals surface area (Å²) in [5.74, 6) is -0.772. The molecule has 1 aliphatic heterocycles. The first-order valence-electron chi connectivity index (χ1n) is 6.69. The quantitative estimate of drug-likeness (QED) is 0.828. The average Bonchev–Trinajstić information content (AvgIpc) is 2.59. The first kappa shape index (κ1) is 14.3. The molecule has 0 bridgehead atoms. The summed E-state index contributed by atoms with van der Waals surface area (Å²) in [6.45, 7) is 0.612. The first-order valence-corrected chi connectivity index (χ1v) is 6.69. The molecule has 1 fully saturated rings. The highest BCUT2D eigenvalue weighted by atomic mass is 19.1. The lowest BCUT2D eigenvalue weighted by molar-refractivity contribution is -0.134. The maximum Gasteiger partial charge on any atom is 0.244 e. The van der Waals surface area contributed by atoms with E-state index in [9.17, 15) is 14.0 Å². The molecule has 6 heteroatoms. The van der Waals surface area contributed by atoms with Crippen LogP contribution in [0, 0.1) is 5.82 Å². The number of carbonyl (C=O) groups is 2. The molecule has 2 rings (SSSR count). The van der Waals surface area contributed by atoms with Crippen molar-refractivity contribution in [3.63, 3.8) is 0 Å². The molecule has 1 saturated heterocycles. The zero-order valence-corrected chi connectivity index (χ0v) is 11.2. The molecule has 5 nitrogen and oxygen atoms in total. The summed E-state index contributed by atoms with van der Waals surface area (Å²) in [6, 6.07) is 3.78. The van der Waals surface area contributed by atoms with E-state index < -0.39 is 5.82 Å². The fourth-order valence-corrected chi connectivity index (χ4v) is 2.22. The van der Waals surface area contributed by atoms with Gasteiger partial charge in [-0.15, -0.1) is 0 Å². The van der Waals surface area contributed by atoms with Crippen LogP contribution in [0.1, 0.15) is 25.7 Å². The minimum Gasteiger partial charge on any atom is -0.397 e. The predicted molar refractivity (Wildman–Crippen MR) is 74.5 cm³/mol. The summed E-state index contributed by atoms with van der Waals surface area (Å²) in [5.41, 5.74) is 6.15. The number of likely N-dealkylation sites (tertiary alicyclic amines) is 1. The van der Waals surface area contributed by atoms with E-state index >= 15 is 0 Å². The van der Waals surface area contributed by atoms with Gasteiger partial charge in [-0.2, -0.15) is 0 Å². The number of halogens is 1. The normalized spacial score (nSPS) is 15.8. The first-order chi connectivity index (χ1) is 9.56. The Morgan fingerprint density at radius 3 is 2.90 bits per heavy atom. The number of nitrogens with one attached hydrogen (secondary N) is 1. The fourth-order valence-electron chi connectivity index (χ4n) is 2.22. The number of amides is 2. The van der Waals surface area contributed by atoms with Crippen LogP contribution < -0.4 is 11.1 Å². The van der Waals surface area contributed by atoms with Gasteiger partial charge in [0.2, 0.25) is 11.8 Å². The third-order valence-electron chi connectivity index (χ3n) is 3.29. The summed E-state index contributed by atoms with van der Waals surface area (Å²) in [6.07, 6.45) is 3.29. The van der Waals surface area contributed by atoms with Gasteiger partial charge in [0.25, 0.3) is 0 Å². The van der Waals surface area contributed by atoms with Crippen molar-refractivity contribution in [1.29, 1.82) is 0 Å². The van der Waals surface area contributed by atoms with Crippen molar-refractivity contribution in [2.24, 2.45) is 0 Å². The molecule has 1 heterocycles. The average molecular weight is 279 g/mol. The van der Waals surface area contributed by atoms with E-state index in [1.54, 1.807) is 4.90 Å². The maximum atomic E-state index is 12.9. The van der Waals surface area contributed by atoms with Crippen molar-refractivity contribution >= 4 is 23.2 Å². The van der Waals surface area contributed by atoms with E-state index in [4.69, 9.17) is 5.73 Å². The summed E-state index contributed by atoms with van der Waals surface area (Å²) in [4.78, 5) is 25.3. The van der Waals surface area contributed by atoms with Crippen LogP contribution in [0.15, 0.2) is 18.2 Å². The van der Waals surface area contributed by atoms with Gasteiger partial charge in [-0.3, -0.25) is 9.59 Å². The Balaban J connectivity index is 1.96. The molecule has 0 aromatic heterocycles. The Hall–Kier alpha value is -2.11. The monoisotopic (exact) mass is 279 g/mol. The molecule has 0 spiro atoms. The number of anilines is 2. The second-order valence-electron chi connectivity index (χ2n) is 4.91. The fraction of sp³-hybridized carbons (Fsp3) is 0.429. The highest BCUT2D eigenvalue weighted by Crippen LogP contribution is 2.19. The molecule has 1 aromatic rings. The van der Waals surface area contributed by atoms with Crippen LogP contribution in [0.4, 0.5) is 15.8 Å². The van der Waals surface area contributed by atoms with Crippen molar-refractivity contribution in [1.82, 2.24) is 4.90 Å². The zero-order valence-electron chi connectivity index (χ0n) is 11.2. The highest BCUT2D eigenvalue weighted by molar-refractivity contribution is 5.96. The molecule has 20 heavy (non-hydrogen) atoms. The van der Waals surface area contributed by atoms with Gasteiger partial charge in [0, 0.05) is 13.0 Å². The van der Waals surface area contributed by atoms with Crippen molar-refractivity contribution in [2.75, 3.05) is 24.1 Å². The second kappa shape index (κ2) is 6.36. The Labute approximate surface area is 116 Å². The smallest absolute Gasteiger partial charge is 0.244 e. The maximum absolute atomic E-state index is 12.9. The topological polar surface area (TPSA) is 75.4 Å². The van der Waals surface area contributed by atoms with E-state index in [2.05, 4.69) is 5.32 Å². The van der Waals surface area contributed by atoms with Crippen LogP contribution in [0.3, 0.4) is 0 Å². The molecular formula is C14H18FN3O2. The lowest BCUT2D eigenvalue weighted by atomic mass is 10.2. The van der Waals surface area contributed by atoms with Gasteiger partial charge in [-0.1, -0.05) is 6.42 Å². The van der Waals surface area contributed by atoms with Crippen LogP contribution in [0.2, 0.25) is 0 Å². The third kappa shape index (κ3) is 3.69. The molecule has 1 aromatic carbocycles. The van der Waals surface area contributed by atoms with Gasteiger partial charge >= 0.3 is 0 Å². The molecular weight excluding hydrogens is 261 g/mol. The van der Waals surface area contributed by atoms with Crippen LogP contribution in [-0.4, -0.2) is 29.8 Å². The Bertz CT molecular complexity index is 519. The number of nitrogens with two attached hydrogens (primary N) is 1. The molecule has 0 atom stereocenters. The Kier molecular flexibility index (Phi) is 4.55. The van der Waals surface area contributed by atoms with Crippen molar-refractivity contribution in [3.05, 3.63) is 24.0 Å². The molecule has 2 amide bonds. The molecule has 108 valence electrons. The number of hydrogen-bond acceptors (Lipinski definition) is 3. The molecule has 0 aliphatic carbocycles. The SMILES string of the molecule is Nc1cc(F)ccc1NC(=O)CN1CCCCCC1=O. The van der Waals surface area contributed by atoms with E-state index in [0.29, 0.717) is 18.7 Å². The summed E-state index contributed by atoms with van der Waals surface area (Å²) in [5, 5.41) is 2.60. The number of benzene rings is 1. The van der Waals surface area contributed by atoms with Gasteiger partial charge in [-0.05, 0) is 31.0 Å². The van der Waals surface area contributed by atoms with E-state index in [-0.39, 0.29) is 24.0 Å². The molecule has 3 N–H and O–H groups in total. The summed E-state index contributed by atoms with van der Waals surface area (Å²) in [7, 11) is 0. The number of nitrogens with zero attached hydrogens (tertiary/aromatic N) is 1. The number of hydrogen-bond donors (Lipinski definition) is 2. The Morgan fingerprint density at radius 1 is 1.35 bits per heavy atom. The van der Waals surface area contributed by atoms with Crippen molar-refractivity contribution in [3.8, 4) is 0 Å². The van der Waals surface area contributed by atoms with E-state index in [0.717, 1.165) is 25.3 Å². The molecule has 0 radical (unpaired) electrons. The zero-order chi connectivity index (χ0) is 14.5. The number of carbonyl (C=O) groups excluding carboxylic acids is 2. The predicted octanol–water partition coefficient (Wildman–Crippen LogP) is 1.75. The largest absolute Gasteiger partial charge is 0.397 e. The van der Waals surface area contributed by atoms with Gasteiger partial charge < -0.3 is 16.0 Å². The Morgan fingerprint density at radius 2 is 2.15 bits per heavy atom. The molecule has 0 saturated carbocycles. The van der Waals surface area contributed by atoms with Crippen LogP contribution in [-0.2, 0) is 9.59 Å². The number of rotatable bonds is 3. The second-order valence-corrected chi connectivity index (χ2v) is 4.91. The third-order valence-corrected chi connectivity index (χ3v) is 3.29. The minimum atomic E-state index is -0.455. The van der Waals surface area contributed by atoms with Gasteiger partial charge in [0.15, 0.2) is 0 Å². The van der Waals surface area contributed by atoms with Crippen LogP contribution in [0.25, 0.3) is 0 Å². The molecule has 1 aliphatic rings. The summed E-state index contributed by atoms with van der Waals surface area (Å²) < 4.78 is 12.9. The van der Waals surface area contributed by atoms with Gasteiger partial charge in [0.1, 0.15) is 5.82 Å². The van der Waals surface area contributed by atoms with E-state index in [1.807, 2.05) is 0 Å². The molecule has 0 unspecified atom stereocenters. The minimum absolute atomic E-state index is 0.00438. The van der Waals surface area contributed by atoms with Gasteiger partial charge in [0.05, 0.1) is 17.9 Å². The van der Waals surface area contributed by atoms with Crippen molar-refractivity contribution in [2.45, 2.75) is 25.7 Å². The van der Waals surface area contributed by atoms with E-state index in [1.165, 1.54) is 12.1 Å². The van der Waals surface area contributed by atoms with Gasteiger partial charge in [-0.25, -0.2) is 4.39 Å². The van der Waals surface area contributed by atoms with Crippen LogP contribution in [0.5, 0.6) is 0 Å². The highest BCUT2D eigenvalue weighted by Gasteiger charge is 2.19.